The molecule has 0 bridgehead atoms. The van der Waals surface area contributed by atoms with Crippen LogP contribution in [0.15, 0.2) is 54.9 Å². The fourth-order valence-electron chi connectivity index (χ4n) is 2.60. The largest absolute Gasteiger partial charge is 0.326 e. The summed E-state index contributed by atoms with van der Waals surface area (Å²) in [6.45, 7) is 5.04. The first-order valence-electron chi connectivity index (χ1n) is 7.56. The summed E-state index contributed by atoms with van der Waals surface area (Å²) in [5.74, 6) is 0. The van der Waals surface area contributed by atoms with E-state index in [0.29, 0.717) is 0 Å². The molecular weight excluding hydrogens is 258 g/mol. The third-order valence-corrected chi connectivity index (χ3v) is 3.73. The Morgan fingerprint density at radius 3 is 2.62 bits per heavy atom. The standard InChI is InChI=1S/C18H21N3/c1-2-11-19-12-15-7-3-4-8-16(15)13-21-14-20-17-9-5-6-10-18(17)21/h3-10,14,19H,2,11-13H2,1H3. The van der Waals surface area contributed by atoms with Gasteiger partial charge in [0.25, 0.3) is 0 Å². The second kappa shape index (κ2) is 6.55. The van der Waals surface area contributed by atoms with Crippen molar-refractivity contribution in [1.29, 1.82) is 0 Å². The van der Waals surface area contributed by atoms with Crippen LogP contribution in [-0.2, 0) is 13.1 Å². The van der Waals surface area contributed by atoms with Crippen molar-refractivity contribution in [3.63, 3.8) is 0 Å². The zero-order chi connectivity index (χ0) is 14.5. The Balaban J connectivity index is 1.84. The van der Waals surface area contributed by atoms with Crippen molar-refractivity contribution in [1.82, 2.24) is 14.9 Å². The van der Waals surface area contributed by atoms with Crippen LogP contribution in [0.4, 0.5) is 0 Å². The second-order valence-electron chi connectivity index (χ2n) is 5.31. The second-order valence-corrected chi connectivity index (χ2v) is 5.31. The fraction of sp³-hybridized carbons (Fsp3) is 0.278. The Morgan fingerprint density at radius 1 is 1.00 bits per heavy atom. The molecule has 2 aromatic carbocycles. The zero-order valence-corrected chi connectivity index (χ0v) is 12.4. The van der Waals surface area contributed by atoms with Gasteiger partial charge in [0.15, 0.2) is 0 Å². The van der Waals surface area contributed by atoms with Gasteiger partial charge >= 0.3 is 0 Å². The van der Waals surface area contributed by atoms with E-state index in [1.807, 2.05) is 12.4 Å². The van der Waals surface area contributed by atoms with E-state index in [1.54, 1.807) is 0 Å². The lowest BCUT2D eigenvalue weighted by molar-refractivity contribution is 0.667. The summed E-state index contributed by atoms with van der Waals surface area (Å²) in [4.78, 5) is 4.47. The highest BCUT2D eigenvalue weighted by atomic mass is 15.0. The van der Waals surface area contributed by atoms with Crippen LogP contribution in [0.1, 0.15) is 24.5 Å². The van der Waals surface area contributed by atoms with Gasteiger partial charge in [0.2, 0.25) is 0 Å². The van der Waals surface area contributed by atoms with Gasteiger partial charge < -0.3 is 9.88 Å². The summed E-state index contributed by atoms with van der Waals surface area (Å²) in [5, 5.41) is 3.48. The van der Waals surface area contributed by atoms with Gasteiger partial charge in [-0.2, -0.15) is 0 Å². The van der Waals surface area contributed by atoms with Crippen molar-refractivity contribution in [2.45, 2.75) is 26.4 Å². The third kappa shape index (κ3) is 3.14. The van der Waals surface area contributed by atoms with Gasteiger partial charge in [-0.3, -0.25) is 0 Å². The van der Waals surface area contributed by atoms with E-state index >= 15 is 0 Å². The first kappa shape index (κ1) is 13.8. The normalized spacial score (nSPS) is 11.1. The Kier molecular flexibility index (Phi) is 4.31. The molecule has 0 atom stereocenters. The van der Waals surface area contributed by atoms with Crippen LogP contribution in [-0.4, -0.2) is 16.1 Å². The molecule has 108 valence electrons. The van der Waals surface area contributed by atoms with Crippen LogP contribution in [0.2, 0.25) is 0 Å². The van der Waals surface area contributed by atoms with Crippen LogP contribution in [0.25, 0.3) is 11.0 Å². The number of para-hydroxylation sites is 2. The molecule has 3 nitrogen and oxygen atoms in total. The molecule has 0 unspecified atom stereocenters. The van der Waals surface area contributed by atoms with Gasteiger partial charge in [0.1, 0.15) is 0 Å². The lowest BCUT2D eigenvalue weighted by Gasteiger charge is -2.11. The molecule has 21 heavy (non-hydrogen) atoms. The molecule has 0 radical (unpaired) electrons. The quantitative estimate of drug-likeness (QED) is 0.699. The molecule has 1 N–H and O–H groups in total. The van der Waals surface area contributed by atoms with Crippen molar-refractivity contribution >= 4 is 11.0 Å². The topological polar surface area (TPSA) is 29.9 Å². The van der Waals surface area contributed by atoms with Crippen LogP contribution in [0.3, 0.4) is 0 Å². The van der Waals surface area contributed by atoms with Crippen LogP contribution >= 0.6 is 0 Å². The van der Waals surface area contributed by atoms with Gasteiger partial charge in [0.05, 0.1) is 17.4 Å². The van der Waals surface area contributed by atoms with Gasteiger partial charge in [-0.05, 0) is 36.2 Å². The summed E-state index contributed by atoms with van der Waals surface area (Å²) in [5.41, 5.74) is 4.96. The third-order valence-electron chi connectivity index (χ3n) is 3.73. The minimum atomic E-state index is 0.866. The molecule has 0 spiro atoms. The van der Waals surface area contributed by atoms with Crippen molar-refractivity contribution in [2.75, 3.05) is 6.54 Å². The number of rotatable bonds is 6. The number of nitrogens with zero attached hydrogens (tertiary/aromatic N) is 2. The molecule has 0 saturated heterocycles. The first-order chi connectivity index (χ1) is 10.4. The molecule has 3 rings (SSSR count). The summed E-state index contributed by atoms with van der Waals surface area (Å²) < 4.78 is 2.22. The van der Waals surface area contributed by atoms with Gasteiger partial charge in [-0.15, -0.1) is 0 Å². The van der Waals surface area contributed by atoms with E-state index in [-0.39, 0.29) is 0 Å². The number of fused-ring (bicyclic) bond motifs is 1. The zero-order valence-electron chi connectivity index (χ0n) is 12.4. The van der Waals surface area contributed by atoms with E-state index in [2.05, 4.69) is 64.3 Å². The van der Waals surface area contributed by atoms with Crippen molar-refractivity contribution < 1.29 is 0 Å². The maximum atomic E-state index is 4.47. The SMILES string of the molecule is CCCNCc1ccccc1Cn1cnc2ccccc21. The molecular formula is C18H21N3. The molecule has 0 fully saturated rings. The van der Waals surface area contributed by atoms with Crippen LogP contribution in [0, 0.1) is 0 Å². The molecule has 1 aromatic heterocycles. The minimum absolute atomic E-state index is 0.866. The number of hydrogen-bond donors (Lipinski definition) is 1. The predicted molar refractivity (Wildman–Crippen MR) is 87.3 cm³/mol. The predicted octanol–water partition coefficient (Wildman–Crippen LogP) is 3.58. The first-order valence-corrected chi connectivity index (χ1v) is 7.56. The van der Waals surface area contributed by atoms with Gasteiger partial charge in [0, 0.05) is 13.1 Å². The number of imidazole rings is 1. The smallest absolute Gasteiger partial charge is 0.0961 e. The van der Waals surface area contributed by atoms with E-state index in [0.717, 1.165) is 31.6 Å². The summed E-state index contributed by atoms with van der Waals surface area (Å²) in [7, 11) is 0. The Morgan fingerprint density at radius 2 is 1.76 bits per heavy atom. The average Bonchev–Trinajstić information content (AvgIpc) is 2.93. The van der Waals surface area contributed by atoms with Crippen LogP contribution in [0.5, 0.6) is 0 Å². The summed E-state index contributed by atoms with van der Waals surface area (Å²) in [6.07, 6.45) is 3.09. The van der Waals surface area contributed by atoms with E-state index in [1.165, 1.54) is 16.6 Å². The number of benzene rings is 2. The Labute approximate surface area is 125 Å². The molecule has 0 amide bonds. The molecule has 0 saturated carbocycles. The Bertz CT molecular complexity index is 715. The lowest BCUT2D eigenvalue weighted by atomic mass is 10.1. The lowest BCUT2D eigenvalue weighted by Crippen LogP contribution is -2.15. The molecule has 0 aliphatic carbocycles. The monoisotopic (exact) mass is 279 g/mol. The molecule has 3 heteroatoms. The summed E-state index contributed by atoms with van der Waals surface area (Å²) >= 11 is 0. The average molecular weight is 279 g/mol. The molecule has 0 aliphatic heterocycles. The van der Waals surface area contributed by atoms with E-state index in [9.17, 15) is 0 Å². The highest BCUT2D eigenvalue weighted by Gasteiger charge is 2.05. The summed E-state index contributed by atoms with van der Waals surface area (Å²) in [6, 6.07) is 16.9. The van der Waals surface area contributed by atoms with E-state index in [4.69, 9.17) is 0 Å². The molecule has 1 heterocycles. The van der Waals surface area contributed by atoms with Crippen molar-refractivity contribution in [3.05, 3.63) is 66.0 Å². The molecule has 0 aliphatic rings. The van der Waals surface area contributed by atoms with Gasteiger partial charge in [-0.1, -0.05) is 43.3 Å². The maximum Gasteiger partial charge on any atom is 0.0961 e. The van der Waals surface area contributed by atoms with E-state index < -0.39 is 0 Å². The maximum absolute atomic E-state index is 4.47. The number of nitrogens with one attached hydrogen (secondary N) is 1. The van der Waals surface area contributed by atoms with Crippen molar-refractivity contribution in [3.8, 4) is 0 Å². The molecule has 3 aromatic rings. The van der Waals surface area contributed by atoms with Crippen LogP contribution < -0.4 is 5.32 Å². The number of hydrogen-bond acceptors (Lipinski definition) is 2. The van der Waals surface area contributed by atoms with Crippen molar-refractivity contribution in [2.24, 2.45) is 0 Å². The highest BCUT2D eigenvalue weighted by molar-refractivity contribution is 5.75. The van der Waals surface area contributed by atoms with Gasteiger partial charge in [-0.25, -0.2) is 4.98 Å². The minimum Gasteiger partial charge on any atom is -0.326 e. The Hall–Kier alpha value is -2.13. The fourth-order valence-corrected chi connectivity index (χ4v) is 2.60. The number of aromatic nitrogens is 2. The highest BCUT2D eigenvalue weighted by Crippen LogP contribution is 2.16.